The van der Waals surface area contributed by atoms with Gasteiger partial charge >= 0.3 is 0 Å². The number of fused-ring (bicyclic) bond motifs is 1. The van der Waals surface area contributed by atoms with Gasteiger partial charge in [-0.1, -0.05) is 6.07 Å². The van der Waals surface area contributed by atoms with E-state index >= 15 is 0 Å². The summed E-state index contributed by atoms with van der Waals surface area (Å²) in [6.45, 7) is 1.48. The molecule has 1 aromatic heterocycles. The van der Waals surface area contributed by atoms with Crippen LogP contribution < -0.4 is 5.56 Å². The molecule has 0 aliphatic rings. The molecule has 0 bridgehead atoms. The number of hydrogen-bond acceptors (Lipinski definition) is 3. The normalized spacial score (nSPS) is 10.6. The van der Waals surface area contributed by atoms with Crippen LogP contribution in [-0.2, 0) is 7.05 Å². The number of ketones is 1. The maximum absolute atomic E-state index is 11.8. The summed E-state index contributed by atoms with van der Waals surface area (Å²) >= 11 is 5.00. The van der Waals surface area contributed by atoms with E-state index in [1.165, 1.54) is 11.5 Å². The molecule has 0 fully saturated rings. The number of carbonyl (C=O) groups excluding carboxylic acids is 1. The van der Waals surface area contributed by atoms with Gasteiger partial charge in [-0.15, -0.1) is 0 Å². The zero-order valence-corrected chi connectivity index (χ0v) is 9.72. The van der Waals surface area contributed by atoms with Crippen molar-refractivity contribution in [2.75, 3.05) is 0 Å². The Labute approximate surface area is 96.5 Å². The van der Waals surface area contributed by atoms with Crippen LogP contribution in [0.3, 0.4) is 0 Å². The van der Waals surface area contributed by atoms with Crippen molar-refractivity contribution in [3.05, 3.63) is 38.9 Å². The minimum atomic E-state index is -0.158. The van der Waals surface area contributed by atoms with Gasteiger partial charge in [-0.05, 0) is 31.3 Å². The van der Waals surface area contributed by atoms with Crippen molar-refractivity contribution in [2.24, 2.45) is 7.05 Å². The molecule has 16 heavy (non-hydrogen) atoms. The van der Waals surface area contributed by atoms with E-state index in [-0.39, 0.29) is 11.3 Å². The Morgan fingerprint density at radius 2 is 2.12 bits per heavy atom. The third-order valence-electron chi connectivity index (χ3n) is 2.51. The maximum atomic E-state index is 11.8. The van der Waals surface area contributed by atoms with E-state index in [0.29, 0.717) is 21.2 Å². The second-order valence-corrected chi connectivity index (χ2v) is 4.00. The van der Waals surface area contributed by atoms with E-state index < -0.39 is 0 Å². The molecule has 1 aromatic carbocycles. The van der Waals surface area contributed by atoms with Crippen molar-refractivity contribution < 1.29 is 4.79 Å². The van der Waals surface area contributed by atoms with Crippen LogP contribution >= 0.6 is 12.2 Å². The van der Waals surface area contributed by atoms with E-state index in [4.69, 9.17) is 12.2 Å². The number of benzene rings is 1. The molecule has 82 valence electrons. The quantitative estimate of drug-likeness (QED) is 0.604. The zero-order valence-electron chi connectivity index (χ0n) is 8.90. The highest BCUT2D eigenvalue weighted by atomic mass is 32.1. The third kappa shape index (κ3) is 1.59. The van der Waals surface area contributed by atoms with Gasteiger partial charge in [-0.2, -0.15) is 0 Å². The van der Waals surface area contributed by atoms with E-state index in [9.17, 15) is 9.59 Å². The number of carbonyl (C=O) groups is 1. The molecule has 0 atom stereocenters. The van der Waals surface area contributed by atoms with Crippen molar-refractivity contribution in [3.63, 3.8) is 0 Å². The largest absolute Gasteiger partial charge is 0.332 e. The van der Waals surface area contributed by atoms with Crippen LogP contribution in [0.15, 0.2) is 23.0 Å². The smallest absolute Gasteiger partial charge is 0.261 e. The van der Waals surface area contributed by atoms with Crippen LogP contribution in [0, 0.1) is 4.77 Å². The minimum Gasteiger partial charge on any atom is -0.332 e. The monoisotopic (exact) mass is 234 g/mol. The van der Waals surface area contributed by atoms with Crippen LogP contribution in [0.2, 0.25) is 0 Å². The molecule has 0 radical (unpaired) electrons. The second-order valence-electron chi connectivity index (χ2n) is 3.61. The molecule has 4 nitrogen and oxygen atoms in total. The minimum absolute atomic E-state index is 0.0399. The summed E-state index contributed by atoms with van der Waals surface area (Å²) in [5.74, 6) is -0.0399. The molecule has 1 N–H and O–H groups in total. The fourth-order valence-electron chi connectivity index (χ4n) is 1.53. The summed E-state index contributed by atoms with van der Waals surface area (Å²) in [7, 11) is 1.61. The van der Waals surface area contributed by atoms with Gasteiger partial charge in [0, 0.05) is 12.6 Å². The summed E-state index contributed by atoms with van der Waals surface area (Å²) in [5, 5.41) is 0.529. The average molecular weight is 234 g/mol. The highest BCUT2D eigenvalue weighted by Gasteiger charge is 2.05. The lowest BCUT2D eigenvalue weighted by Crippen LogP contribution is -2.18. The van der Waals surface area contributed by atoms with Gasteiger partial charge in [-0.3, -0.25) is 14.2 Å². The number of Topliss-reactive ketones (excluding diaryl/α,β-unsaturated/α-hetero) is 1. The highest BCUT2D eigenvalue weighted by molar-refractivity contribution is 7.71. The molecular formula is C11H10N2O2S. The fraction of sp³-hybridized carbons (Fsp3) is 0.182. The number of aromatic amines is 1. The van der Waals surface area contributed by atoms with E-state index in [1.807, 2.05) is 0 Å². The fourth-order valence-corrected chi connectivity index (χ4v) is 1.72. The Bertz CT molecular complexity index is 697. The number of hydrogen-bond donors (Lipinski definition) is 1. The van der Waals surface area contributed by atoms with Crippen molar-refractivity contribution in [2.45, 2.75) is 6.92 Å². The Balaban J connectivity index is 2.92. The molecular weight excluding hydrogens is 224 g/mol. The number of nitrogens with one attached hydrogen (secondary N) is 1. The summed E-state index contributed by atoms with van der Waals surface area (Å²) in [6.07, 6.45) is 0. The van der Waals surface area contributed by atoms with Crippen molar-refractivity contribution >= 4 is 28.9 Å². The van der Waals surface area contributed by atoms with E-state index in [1.54, 1.807) is 25.2 Å². The first-order chi connectivity index (χ1) is 7.50. The number of nitrogens with zero attached hydrogens (tertiary/aromatic N) is 1. The lowest BCUT2D eigenvalue weighted by atomic mass is 10.1. The Kier molecular flexibility index (Phi) is 2.47. The molecule has 0 saturated carbocycles. The molecule has 1 heterocycles. The lowest BCUT2D eigenvalue weighted by Gasteiger charge is -2.03. The molecule has 0 spiro atoms. The topological polar surface area (TPSA) is 54.9 Å². The Morgan fingerprint density at radius 1 is 1.44 bits per heavy atom. The van der Waals surface area contributed by atoms with E-state index in [2.05, 4.69) is 4.98 Å². The van der Waals surface area contributed by atoms with Crippen LogP contribution in [-0.4, -0.2) is 15.3 Å². The molecule has 0 aliphatic heterocycles. The van der Waals surface area contributed by atoms with Gasteiger partial charge in [0.05, 0.1) is 10.9 Å². The lowest BCUT2D eigenvalue weighted by molar-refractivity contribution is 0.101. The first-order valence-corrected chi connectivity index (χ1v) is 5.15. The maximum Gasteiger partial charge on any atom is 0.261 e. The number of aromatic nitrogens is 2. The molecule has 2 aromatic rings. The standard InChI is InChI=1S/C11H10N2O2S/c1-6(14)7-3-4-8-9(5-7)12-11(16)13(2)10(8)15/h3-5H,1-2H3,(H,12,16). The van der Waals surface area contributed by atoms with Crippen molar-refractivity contribution in [1.29, 1.82) is 0 Å². The van der Waals surface area contributed by atoms with E-state index in [0.717, 1.165) is 0 Å². The van der Waals surface area contributed by atoms with Gasteiger partial charge in [-0.25, -0.2) is 0 Å². The van der Waals surface area contributed by atoms with Crippen LogP contribution in [0.4, 0.5) is 0 Å². The second kappa shape index (κ2) is 3.68. The Morgan fingerprint density at radius 3 is 2.75 bits per heavy atom. The molecule has 5 heteroatoms. The summed E-state index contributed by atoms with van der Waals surface area (Å²) in [4.78, 5) is 25.9. The molecule has 0 aliphatic carbocycles. The van der Waals surface area contributed by atoms with Gasteiger partial charge < -0.3 is 4.98 Å². The SMILES string of the molecule is CC(=O)c1ccc2c(=O)n(C)c(=S)[nH]c2c1. The zero-order chi connectivity index (χ0) is 11.9. The molecule has 0 amide bonds. The van der Waals surface area contributed by atoms with Crippen LogP contribution in [0.25, 0.3) is 10.9 Å². The third-order valence-corrected chi connectivity index (χ3v) is 2.88. The van der Waals surface area contributed by atoms with Crippen molar-refractivity contribution in [1.82, 2.24) is 9.55 Å². The van der Waals surface area contributed by atoms with Crippen LogP contribution in [0.5, 0.6) is 0 Å². The average Bonchev–Trinajstić information content (AvgIpc) is 2.25. The van der Waals surface area contributed by atoms with Crippen molar-refractivity contribution in [3.8, 4) is 0 Å². The molecule has 0 saturated heterocycles. The summed E-state index contributed by atoms with van der Waals surface area (Å²) < 4.78 is 1.71. The van der Waals surface area contributed by atoms with Gasteiger partial charge in [0.1, 0.15) is 0 Å². The number of H-pyrrole nitrogens is 1. The molecule has 2 rings (SSSR count). The summed E-state index contributed by atoms with van der Waals surface area (Å²) in [5.41, 5.74) is 1.00. The highest BCUT2D eigenvalue weighted by Crippen LogP contribution is 2.10. The predicted molar refractivity (Wildman–Crippen MR) is 64.4 cm³/mol. The Hall–Kier alpha value is -1.75. The van der Waals surface area contributed by atoms with Crippen LogP contribution in [0.1, 0.15) is 17.3 Å². The summed E-state index contributed by atoms with van der Waals surface area (Å²) in [6, 6.07) is 4.93. The predicted octanol–water partition coefficient (Wildman–Crippen LogP) is 1.80. The molecule has 0 unspecified atom stereocenters. The van der Waals surface area contributed by atoms with Gasteiger partial charge in [0.15, 0.2) is 10.6 Å². The first kappa shape index (κ1) is 10.8. The van der Waals surface area contributed by atoms with Gasteiger partial charge in [0.2, 0.25) is 0 Å². The van der Waals surface area contributed by atoms with Gasteiger partial charge in [0.25, 0.3) is 5.56 Å². The number of rotatable bonds is 1. The first-order valence-electron chi connectivity index (χ1n) is 4.74.